The number of halogens is 1. The Morgan fingerprint density at radius 2 is 1.78 bits per heavy atom. The zero-order valence-electron chi connectivity index (χ0n) is 17.9. The first-order valence-electron chi connectivity index (χ1n) is 10.0. The van der Waals surface area contributed by atoms with Crippen LogP contribution >= 0.6 is 22.6 Å². The number of hydrogen-bond acceptors (Lipinski definition) is 6. The Bertz CT molecular complexity index is 1060. The van der Waals surface area contributed by atoms with Crippen LogP contribution in [0.3, 0.4) is 0 Å². The fraction of sp³-hybridized carbons (Fsp3) is 0.261. The molecule has 32 heavy (non-hydrogen) atoms. The lowest BCUT2D eigenvalue weighted by molar-refractivity contribution is -0.122. The normalized spacial score (nSPS) is 15.1. The topological polar surface area (TPSA) is 94.2 Å². The molecule has 0 aliphatic carbocycles. The van der Waals surface area contributed by atoms with Gasteiger partial charge in [-0.3, -0.25) is 14.9 Å². The second-order valence-corrected chi connectivity index (χ2v) is 7.93. The molecule has 2 aromatic carbocycles. The van der Waals surface area contributed by atoms with Gasteiger partial charge >= 0.3 is 6.03 Å². The van der Waals surface area contributed by atoms with Gasteiger partial charge in [0.25, 0.3) is 11.8 Å². The van der Waals surface area contributed by atoms with Crippen LogP contribution in [0.5, 0.6) is 17.2 Å². The van der Waals surface area contributed by atoms with Crippen molar-refractivity contribution in [2.24, 2.45) is 0 Å². The number of rotatable bonds is 8. The molecule has 168 valence electrons. The third-order valence-electron chi connectivity index (χ3n) is 4.53. The molecule has 3 rings (SSSR count). The number of nitrogens with one attached hydrogen (secondary N) is 1. The van der Waals surface area contributed by atoms with Gasteiger partial charge in [-0.05, 0) is 84.0 Å². The van der Waals surface area contributed by atoms with Gasteiger partial charge in [-0.25, -0.2) is 9.69 Å². The highest BCUT2D eigenvalue weighted by Crippen LogP contribution is 2.35. The third kappa shape index (κ3) is 5.04. The van der Waals surface area contributed by atoms with E-state index in [1.165, 1.54) is 13.2 Å². The lowest BCUT2D eigenvalue weighted by Gasteiger charge is -2.26. The zero-order valence-corrected chi connectivity index (χ0v) is 20.1. The van der Waals surface area contributed by atoms with E-state index in [-0.39, 0.29) is 5.57 Å². The van der Waals surface area contributed by atoms with Crippen LogP contribution in [-0.4, -0.2) is 38.2 Å². The van der Waals surface area contributed by atoms with E-state index in [1.54, 1.807) is 36.4 Å². The van der Waals surface area contributed by atoms with Gasteiger partial charge in [0.2, 0.25) is 0 Å². The van der Waals surface area contributed by atoms with Gasteiger partial charge in [0.1, 0.15) is 11.3 Å². The van der Waals surface area contributed by atoms with Crippen molar-refractivity contribution in [2.45, 2.75) is 20.3 Å². The molecular weight excluding hydrogens is 527 g/mol. The van der Waals surface area contributed by atoms with Gasteiger partial charge in [-0.1, -0.05) is 6.92 Å². The van der Waals surface area contributed by atoms with Gasteiger partial charge in [0, 0.05) is 0 Å². The number of benzene rings is 2. The number of barbiturate groups is 1. The number of carbonyl (C=O) groups is 3. The van der Waals surface area contributed by atoms with E-state index in [0.717, 1.165) is 14.9 Å². The quantitative estimate of drug-likeness (QED) is 0.302. The van der Waals surface area contributed by atoms with E-state index >= 15 is 0 Å². The van der Waals surface area contributed by atoms with Crippen molar-refractivity contribution < 1.29 is 28.6 Å². The highest BCUT2D eigenvalue weighted by molar-refractivity contribution is 14.1. The molecule has 0 bridgehead atoms. The molecule has 0 saturated carbocycles. The Labute approximate surface area is 199 Å². The summed E-state index contributed by atoms with van der Waals surface area (Å²) in [6, 6.07) is 9.08. The lowest BCUT2D eigenvalue weighted by atomic mass is 10.1. The fourth-order valence-corrected chi connectivity index (χ4v) is 3.85. The summed E-state index contributed by atoms with van der Waals surface area (Å²) < 4.78 is 17.4. The van der Waals surface area contributed by atoms with E-state index < -0.39 is 17.8 Å². The summed E-state index contributed by atoms with van der Waals surface area (Å²) in [5.41, 5.74) is 0.727. The number of hydrogen-bond donors (Lipinski definition) is 1. The highest BCUT2D eigenvalue weighted by atomic mass is 127. The maximum absolute atomic E-state index is 13.1. The second-order valence-electron chi connectivity index (χ2n) is 6.77. The minimum atomic E-state index is -0.810. The summed E-state index contributed by atoms with van der Waals surface area (Å²) in [6.07, 6.45) is 2.28. The molecule has 8 nitrogen and oxygen atoms in total. The highest BCUT2D eigenvalue weighted by Gasteiger charge is 2.36. The predicted molar refractivity (Wildman–Crippen MR) is 128 cm³/mol. The Kier molecular flexibility index (Phi) is 7.73. The number of methoxy groups -OCH3 is 1. The molecule has 2 aromatic rings. The van der Waals surface area contributed by atoms with Gasteiger partial charge in [0.15, 0.2) is 11.5 Å². The van der Waals surface area contributed by atoms with E-state index in [1.807, 2.05) is 13.8 Å². The van der Waals surface area contributed by atoms with Gasteiger partial charge in [0.05, 0.1) is 29.6 Å². The molecule has 4 amide bonds. The van der Waals surface area contributed by atoms with Gasteiger partial charge in [-0.2, -0.15) is 0 Å². The van der Waals surface area contributed by atoms with E-state index in [9.17, 15) is 14.4 Å². The van der Waals surface area contributed by atoms with Crippen LogP contribution in [0.2, 0.25) is 0 Å². The molecular formula is C23H23IN2O6. The fourth-order valence-electron chi connectivity index (χ4n) is 3.07. The van der Waals surface area contributed by atoms with Crippen LogP contribution in [0.4, 0.5) is 10.5 Å². The van der Waals surface area contributed by atoms with Crippen LogP contribution in [0, 0.1) is 3.57 Å². The van der Waals surface area contributed by atoms with Crippen LogP contribution < -0.4 is 24.4 Å². The van der Waals surface area contributed by atoms with Crippen molar-refractivity contribution in [2.75, 3.05) is 25.2 Å². The Balaban J connectivity index is 1.99. The molecule has 1 aliphatic heterocycles. The number of nitrogens with zero attached hydrogens (tertiary/aromatic N) is 1. The van der Waals surface area contributed by atoms with Gasteiger partial charge < -0.3 is 14.2 Å². The first kappa shape index (κ1) is 23.6. The summed E-state index contributed by atoms with van der Waals surface area (Å²) >= 11 is 2.12. The Morgan fingerprint density at radius 3 is 2.41 bits per heavy atom. The van der Waals surface area contributed by atoms with Crippen molar-refractivity contribution in [1.82, 2.24) is 5.32 Å². The van der Waals surface area contributed by atoms with Crippen molar-refractivity contribution >= 4 is 52.2 Å². The lowest BCUT2D eigenvalue weighted by Crippen LogP contribution is -2.54. The van der Waals surface area contributed by atoms with Gasteiger partial charge in [-0.15, -0.1) is 0 Å². The number of ether oxygens (including phenoxy) is 3. The van der Waals surface area contributed by atoms with Crippen molar-refractivity contribution in [3.63, 3.8) is 0 Å². The molecule has 1 heterocycles. The maximum atomic E-state index is 13.1. The molecule has 1 N–H and O–H groups in total. The molecule has 0 radical (unpaired) electrons. The Hall–Kier alpha value is -3.08. The van der Waals surface area contributed by atoms with Crippen LogP contribution in [0.1, 0.15) is 25.8 Å². The van der Waals surface area contributed by atoms with Crippen molar-refractivity contribution in [1.29, 1.82) is 0 Å². The number of amides is 4. The molecule has 0 unspecified atom stereocenters. The first-order chi connectivity index (χ1) is 15.4. The third-order valence-corrected chi connectivity index (χ3v) is 5.33. The minimum Gasteiger partial charge on any atom is -0.497 e. The molecule has 0 spiro atoms. The monoisotopic (exact) mass is 550 g/mol. The van der Waals surface area contributed by atoms with Crippen molar-refractivity contribution in [3.05, 3.63) is 51.1 Å². The molecule has 1 aliphatic rings. The molecule has 1 fully saturated rings. The summed E-state index contributed by atoms with van der Waals surface area (Å²) in [5, 5.41) is 2.22. The van der Waals surface area contributed by atoms with Crippen LogP contribution in [0.15, 0.2) is 42.0 Å². The average Bonchev–Trinajstić information content (AvgIpc) is 2.76. The van der Waals surface area contributed by atoms with E-state index in [0.29, 0.717) is 41.7 Å². The molecule has 0 atom stereocenters. The van der Waals surface area contributed by atoms with Crippen molar-refractivity contribution in [3.8, 4) is 17.2 Å². The summed E-state index contributed by atoms with van der Waals surface area (Å²) in [4.78, 5) is 38.9. The predicted octanol–water partition coefficient (Wildman–Crippen LogP) is 4.15. The Morgan fingerprint density at radius 1 is 1.06 bits per heavy atom. The molecule has 1 saturated heterocycles. The molecule has 9 heteroatoms. The number of urea groups is 1. The zero-order chi connectivity index (χ0) is 23.3. The smallest absolute Gasteiger partial charge is 0.335 e. The minimum absolute atomic E-state index is 0.166. The van der Waals surface area contributed by atoms with E-state index in [4.69, 9.17) is 14.2 Å². The SMILES string of the molecule is CCCOc1c(I)cc(/C=C2\C(=O)NC(=O)N(c3ccc(OC)cc3)C2=O)cc1OCC. The average molecular weight is 550 g/mol. The first-order valence-corrected chi connectivity index (χ1v) is 11.1. The number of imide groups is 2. The number of anilines is 1. The second kappa shape index (κ2) is 10.5. The number of carbonyl (C=O) groups excluding carboxylic acids is 3. The standard InChI is InChI=1S/C23H23IN2O6/c1-4-10-32-20-18(24)12-14(13-19(20)31-5-2)11-17-21(27)25-23(29)26(22(17)28)15-6-8-16(30-3)9-7-15/h6-9,11-13H,4-5,10H2,1-3H3,(H,25,27,29)/b17-11+. The summed E-state index contributed by atoms with van der Waals surface area (Å²) in [6.45, 7) is 4.83. The largest absolute Gasteiger partial charge is 0.497 e. The van der Waals surface area contributed by atoms with E-state index in [2.05, 4.69) is 27.9 Å². The van der Waals surface area contributed by atoms with Crippen LogP contribution in [0.25, 0.3) is 6.08 Å². The summed E-state index contributed by atoms with van der Waals surface area (Å²) in [7, 11) is 1.52. The summed E-state index contributed by atoms with van der Waals surface area (Å²) in [5.74, 6) is 0.235. The molecule has 0 aromatic heterocycles. The maximum Gasteiger partial charge on any atom is 0.335 e. The van der Waals surface area contributed by atoms with Crippen LogP contribution in [-0.2, 0) is 9.59 Å².